The normalized spacial score (nSPS) is 12.3. The number of anilines is 1. The van der Waals surface area contributed by atoms with E-state index in [9.17, 15) is 0 Å². The van der Waals surface area contributed by atoms with Crippen LogP contribution in [0.15, 0.2) is 24.8 Å². The molecule has 21 heavy (non-hydrogen) atoms. The van der Waals surface area contributed by atoms with Crippen molar-refractivity contribution in [1.29, 1.82) is 0 Å². The lowest BCUT2D eigenvalue weighted by atomic mass is 9.90. The fourth-order valence-electron chi connectivity index (χ4n) is 2.24. The number of nitrogens with one attached hydrogen (secondary N) is 1. The summed E-state index contributed by atoms with van der Waals surface area (Å²) in [6.07, 6.45) is 1.94. The Morgan fingerprint density at radius 1 is 1.19 bits per heavy atom. The van der Waals surface area contributed by atoms with Crippen LogP contribution in [0.4, 0.5) is 5.82 Å². The molecule has 0 aliphatic carbocycles. The summed E-state index contributed by atoms with van der Waals surface area (Å²) in [5, 5.41) is 3.23. The maximum absolute atomic E-state index is 4.92. The Hall–Kier alpha value is -1.35. The summed E-state index contributed by atoms with van der Waals surface area (Å²) >= 11 is 0. The molecule has 0 amide bonds. The molecular weight excluding hydrogens is 258 g/mol. The van der Waals surface area contributed by atoms with E-state index >= 15 is 0 Å². The second kappa shape index (κ2) is 6.61. The maximum Gasteiger partial charge on any atom is 0.129 e. The van der Waals surface area contributed by atoms with E-state index in [2.05, 4.69) is 70.5 Å². The molecule has 1 heterocycles. The predicted molar refractivity (Wildman–Crippen MR) is 93.0 cm³/mol. The first kappa shape index (κ1) is 17.7. The summed E-state index contributed by atoms with van der Waals surface area (Å²) in [5.74, 6) is 1.03. The lowest BCUT2D eigenvalue weighted by Crippen LogP contribution is -2.42. The average molecular weight is 289 g/mol. The second-order valence-corrected chi connectivity index (χ2v) is 7.57. The van der Waals surface area contributed by atoms with E-state index in [4.69, 9.17) is 4.98 Å². The van der Waals surface area contributed by atoms with Crippen LogP contribution in [0.1, 0.15) is 52.8 Å². The van der Waals surface area contributed by atoms with Gasteiger partial charge in [-0.25, -0.2) is 4.98 Å². The van der Waals surface area contributed by atoms with Crippen LogP contribution in [0.2, 0.25) is 0 Å². The molecule has 3 heteroatoms. The molecule has 1 N–H and O–H groups in total. The molecular formula is C18H31N3. The third-order valence-corrected chi connectivity index (χ3v) is 3.42. The van der Waals surface area contributed by atoms with Crippen molar-refractivity contribution in [1.82, 2.24) is 10.3 Å². The van der Waals surface area contributed by atoms with E-state index in [1.54, 1.807) is 0 Å². The molecule has 0 fully saturated rings. The highest BCUT2D eigenvalue weighted by atomic mass is 15.2. The molecule has 0 radical (unpaired) electrons. The van der Waals surface area contributed by atoms with E-state index in [1.165, 1.54) is 5.56 Å². The number of nitrogens with zero attached hydrogens (tertiary/aromatic N) is 2. The molecule has 3 nitrogen and oxygen atoms in total. The quantitative estimate of drug-likeness (QED) is 0.834. The first-order valence-electron chi connectivity index (χ1n) is 7.64. The molecule has 0 aliphatic heterocycles. The zero-order chi connectivity index (χ0) is 16.3. The Balaban J connectivity index is 3.38. The Morgan fingerprint density at radius 3 is 2.24 bits per heavy atom. The van der Waals surface area contributed by atoms with Gasteiger partial charge in [-0.3, -0.25) is 0 Å². The summed E-state index contributed by atoms with van der Waals surface area (Å²) < 4.78 is 0. The van der Waals surface area contributed by atoms with E-state index in [1.807, 2.05) is 13.1 Å². The van der Waals surface area contributed by atoms with Gasteiger partial charge in [-0.05, 0) is 45.5 Å². The van der Waals surface area contributed by atoms with E-state index in [0.717, 1.165) is 24.6 Å². The summed E-state index contributed by atoms with van der Waals surface area (Å²) in [7, 11) is 1.97. The van der Waals surface area contributed by atoms with Crippen LogP contribution in [0.25, 0.3) is 0 Å². The molecule has 0 aromatic carbocycles. The monoisotopic (exact) mass is 289 g/mol. The summed E-state index contributed by atoms with van der Waals surface area (Å²) in [5.41, 5.74) is 2.44. The highest BCUT2D eigenvalue weighted by Gasteiger charge is 2.24. The van der Waals surface area contributed by atoms with Gasteiger partial charge in [-0.2, -0.15) is 0 Å². The lowest BCUT2D eigenvalue weighted by Gasteiger charge is -2.37. The van der Waals surface area contributed by atoms with Gasteiger partial charge in [0.05, 0.1) is 0 Å². The molecule has 0 unspecified atom stereocenters. The molecule has 0 aliphatic rings. The van der Waals surface area contributed by atoms with Gasteiger partial charge in [0.15, 0.2) is 0 Å². The van der Waals surface area contributed by atoms with Crippen LogP contribution in [-0.4, -0.2) is 24.1 Å². The summed E-state index contributed by atoms with van der Waals surface area (Å²) in [6, 6.07) is 4.38. The molecule has 1 aromatic rings. The SMILES string of the molecule is C=CCN(c1cc(CNC)cc(C(C)(C)C)n1)C(C)(C)C. The van der Waals surface area contributed by atoms with Gasteiger partial charge < -0.3 is 10.2 Å². The van der Waals surface area contributed by atoms with Crippen molar-refractivity contribution in [3.05, 3.63) is 36.0 Å². The number of aromatic nitrogens is 1. The third kappa shape index (κ3) is 4.85. The van der Waals surface area contributed by atoms with Crippen molar-refractivity contribution < 1.29 is 0 Å². The van der Waals surface area contributed by atoms with Gasteiger partial charge in [0.1, 0.15) is 5.82 Å². The third-order valence-electron chi connectivity index (χ3n) is 3.42. The maximum atomic E-state index is 4.92. The fourth-order valence-corrected chi connectivity index (χ4v) is 2.24. The van der Waals surface area contributed by atoms with Crippen LogP contribution in [-0.2, 0) is 12.0 Å². The Bertz CT molecular complexity index is 478. The van der Waals surface area contributed by atoms with Crippen molar-refractivity contribution in [2.75, 3.05) is 18.5 Å². The first-order valence-corrected chi connectivity index (χ1v) is 7.64. The van der Waals surface area contributed by atoms with Gasteiger partial charge >= 0.3 is 0 Å². The minimum atomic E-state index is 0.00854. The Labute approximate surface area is 130 Å². The zero-order valence-corrected chi connectivity index (χ0v) is 14.7. The summed E-state index contributed by atoms with van der Waals surface area (Å²) in [6.45, 7) is 18.8. The standard InChI is InChI=1S/C18H31N3/c1-9-10-21(18(5,6)7)16-12-14(13-19-8)11-15(20-16)17(2,3)4/h9,11-12,19H,1,10,13H2,2-8H3. The number of hydrogen-bond donors (Lipinski definition) is 1. The highest BCUT2D eigenvalue weighted by molar-refractivity contribution is 5.46. The van der Waals surface area contributed by atoms with E-state index in [0.29, 0.717) is 0 Å². The van der Waals surface area contributed by atoms with Crippen LogP contribution in [0.3, 0.4) is 0 Å². The first-order chi connectivity index (χ1) is 9.59. The van der Waals surface area contributed by atoms with Crippen LogP contribution < -0.4 is 10.2 Å². The van der Waals surface area contributed by atoms with Crippen LogP contribution in [0, 0.1) is 0 Å². The van der Waals surface area contributed by atoms with Crippen molar-refractivity contribution >= 4 is 5.82 Å². The average Bonchev–Trinajstić information content (AvgIpc) is 2.33. The smallest absolute Gasteiger partial charge is 0.129 e. The minimum absolute atomic E-state index is 0.00854. The van der Waals surface area contributed by atoms with Crippen molar-refractivity contribution in [2.45, 2.75) is 59.0 Å². The second-order valence-electron chi connectivity index (χ2n) is 7.57. The Kier molecular flexibility index (Phi) is 5.57. The van der Waals surface area contributed by atoms with Gasteiger partial charge in [0, 0.05) is 29.7 Å². The predicted octanol–water partition coefficient (Wildman–Crippen LogP) is 3.89. The topological polar surface area (TPSA) is 28.2 Å². The molecule has 118 valence electrons. The Morgan fingerprint density at radius 2 is 1.81 bits per heavy atom. The summed E-state index contributed by atoms with van der Waals surface area (Å²) in [4.78, 5) is 7.22. The molecule has 0 saturated carbocycles. The van der Waals surface area contributed by atoms with Gasteiger partial charge in [-0.1, -0.05) is 26.8 Å². The van der Waals surface area contributed by atoms with Gasteiger partial charge in [-0.15, -0.1) is 6.58 Å². The van der Waals surface area contributed by atoms with Gasteiger partial charge in [0.2, 0.25) is 0 Å². The molecule has 0 spiro atoms. The van der Waals surface area contributed by atoms with Crippen molar-refractivity contribution in [3.8, 4) is 0 Å². The van der Waals surface area contributed by atoms with Crippen LogP contribution >= 0.6 is 0 Å². The molecule has 0 bridgehead atoms. The molecule has 0 atom stereocenters. The molecule has 1 aromatic heterocycles. The van der Waals surface area contributed by atoms with Crippen molar-refractivity contribution in [2.24, 2.45) is 0 Å². The van der Waals surface area contributed by atoms with E-state index < -0.39 is 0 Å². The lowest BCUT2D eigenvalue weighted by molar-refractivity contribution is 0.510. The fraction of sp³-hybridized carbons (Fsp3) is 0.611. The van der Waals surface area contributed by atoms with Crippen molar-refractivity contribution in [3.63, 3.8) is 0 Å². The van der Waals surface area contributed by atoms with Gasteiger partial charge in [0.25, 0.3) is 0 Å². The molecule has 1 rings (SSSR count). The van der Waals surface area contributed by atoms with Crippen LogP contribution in [0.5, 0.6) is 0 Å². The number of rotatable bonds is 5. The largest absolute Gasteiger partial charge is 0.348 e. The zero-order valence-electron chi connectivity index (χ0n) is 14.7. The number of hydrogen-bond acceptors (Lipinski definition) is 3. The minimum Gasteiger partial charge on any atom is -0.348 e. The highest BCUT2D eigenvalue weighted by Crippen LogP contribution is 2.28. The van der Waals surface area contributed by atoms with E-state index in [-0.39, 0.29) is 11.0 Å². The number of pyridine rings is 1. The molecule has 0 saturated heterocycles.